The van der Waals surface area contributed by atoms with Crippen LogP contribution in [0, 0.1) is 6.92 Å². The molecule has 0 aliphatic carbocycles. The molecule has 3 aromatic rings. The molecule has 0 aliphatic heterocycles. The molecular formula is C21H28N2S. The number of fused-ring (bicyclic) bond motifs is 1. The molecule has 24 heavy (non-hydrogen) atoms. The number of aryl methyl sites for hydroxylation is 2. The fraction of sp³-hybridized carbons (Fsp3) is 0.429. The van der Waals surface area contributed by atoms with Crippen molar-refractivity contribution >= 4 is 22.2 Å². The minimum atomic E-state index is 0.571. The van der Waals surface area contributed by atoms with E-state index in [9.17, 15) is 0 Å². The fourth-order valence-electron chi connectivity index (χ4n) is 3.41. The Kier molecular flexibility index (Phi) is 5.42. The van der Waals surface area contributed by atoms with Crippen molar-refractivity contribution in [2.24, 2.45) is 5.73 Å². The average molecular weight is 341 g/mol. The van der Waals surface area contributed by atoms with Gasteiger partial charge in [0.1, 0.15) is 0 Å². The van der Waals surface area contributed by atoms with Crippen molar-refractivity contribution < 1.29 is 0 Å². The molecule has 3 N–H and O–H groups in total. The van der Waals surface area contributed by atoms with Crippen molar-refractivity contribution in [1.29, 1.82) is 0 Å². The van der Waals surface area contributed by atoms with Gasteiger partial charge < -0.3 is 10.7 Å². The first-order valence-electron chi connectivity index (χ1n) is 9.06. The zero-order valence-corrected chi connectivity index (χ0v) is 15.8. The normalized spacial score (nSPS) is 12.8. The number of nitrogens with one attached hydrogen (secondary N) is 1. The van der Waals surface area contributed by atoms with Crippen molar-refractivity contribution in [3.8, 4) is 10.6 Å². The van der Waals surface area contributed by atoms with Gasteiger partial charge in [0, 0.05) is 15.8 Å². The number of rotatable bonds is 7. The number of nitrogens with two attached hydrogens (primary N) is 1. The third kappa shape index (κ3) is 3.28. The van der Waals surface area contributed by atoms with Gasteiger partial charge in [-0.25, -0.2) is 0 Å². The van der Waals surface area contributed by atoms with Gasteiger partial charge in [-0.3, -0.25) is 0 Å². The van der Waals surface area contributed by atoms with E-state index in [1.165, 1.54) is 37.5 Å². The number of aromatic nitrogens is 1. The van der Waals surface area contributed by atoms with E-state index in [1.54, 1.807) is 0 Å². The number of thiophene rings is 1. The Hall–Kier alpha value is -1.58. The first-order chi connectivity index (χ1) is 11.7. The highest BCUT2D eigenvalue weighted by Crippen LogP contribution is 2.38. The molecule has 128 valence electrons. The number of hydrogen-bond donors (Lipinski definition) is 2. The molecule has 1 aromatic carbocycles. The maximum absolute atomic E-state index is 5.71. The second-order valence-electron chi connectivity index (χ2n) is 6.71. The summed E-state index contributed by atoms with van der Waals surface area (Å²) in [6, 6.07) is 11.2. The lowest BCUT2D eigenvalue weighted by atomic mass is 9.95. The summed E-state index contributed by atoms with van der Waals surface area (Å²) >= 11 is 1.87. The van der Waals surface area contributed by atoms with Crippen LogP contribution < -0.4 is 5.73 Å². The van der Waals surface area contributed by atoms with Crippen molar-refractivity contribution in [3.63, 3.8) is 0 Å². The maximum atomic E-state index is 5.71. The van der Waals surface area contributed by atoms with Crippen LogP contribution in [0.1, 0.15) is 55.0 Å². The van der Waals surface area contributed by atoms with Crippen LogP contribution in [0.3, 0.4) is 0 Å². The van der Waals surface area contributed by atoms with E-state index < -0.39 is 0 Å². The standard InChI is InChI=1S/C21H28N2S/c1-4-14(2)16-9-7-10-17-18(8-5-6-13-22)21(23-20(16)17)19-12-11-15(3)24-19/h7,9-12,14,23H,4-6,8,13,22H2,1-3H3. The molecule has 3 heteroatoms. The molecule has 1 unspecified atom stereocenters. The number of unbranched alkanes of at least 4 members (excludes halogenated alkanes) is 1. The topological polar surface area (TPSA) is 41.8 Å². The molecule has 2 aromatic heterocycles. The molecule has 0 aliphatic rings. The SMILES string of the molecule is CCC(C)c1cccc2c(CCCCN)c(-c3ccc(C)s3)[nH]c12. The number of para-hydroxylation sites is 1. The second-order valence-corrected chi connectivity index (χ2v) is 8.00. The van der Waals surface area contributed by atoms with E-state index >= 15 is 0 Å². The highest BCUT2D eigenvalue weighted by Gasteiger charge is 2.17. The Morgan fingerprint density at radius 3 is 2.67 bits per heavy atom. The van der Waals surface area contributed by atoms with Crippen LogP contribution in [0.5, 0.6) is 0 Å². The van der Waals surface area contributed by atoms with Gasteiger partial charge in [0.2, 0.25) is 0 Å². The van der Waals surface area contributed by atoms with E-state index in [-0.39, 0.29) is 0 Å². The summed E-state index contributed by atoms with van der Waals surface area (Å²) in [7, 11) is 0. The van der Waals surface area contributed by atoms with Crippen LogP contribution in [0.4, 0.5) is 0 Å². The van der Waals surface area contributed by atoms with Crippen molar-refractivity contribution in [1.82, 2.24) is 4.98 Å². The summed E-state index contributed by atoms with van der Waals surface area (Å²) in [6.45, 7) is 7.53. The van der Waals surface area contributed by atoms with Gasteiger partial charge in [-0.05, 0) is 68.3 Å². The lowest BCUT2D eigenvalue weighted by molar-refractivity contribution is 0.738. The average Bonchev–Trinajstić information content (AvgIpc) is 3.18. The highest BCUT2D eigenvalue weighted by molar-refractivity contribution is 7.15. The number of hydrogen-bond acceptors (Lipinski definition) is 2. The highest BCUT2D eigenvalue weighted by atomic mass is 32.1. The summed E-state index contributed by atoms with van der Waals surface area (Å²) in [6.07, 6.45) is 4.48. The molecule has 0 bridgehead atoms. The van der Waals surface area contributed by atoms with E-state index in [4.69, 9.17) is 5.73 Å². The summed E-state index contributed by atoms with van der Waals surface area (Å²) < 4.78 is 0. The van der Waals surface area contributed by atoms with E-state index in [0.29, 0.717) is 5.92 Å². The molecule has 0 amide bonds. The van der Waals surface area contributed by atoms with Gasteiger partial charge in [-0.2, -0.15) is 0 Å². The van der Waals surface area contributed by atoms with E-state index in [2.05, 4.69) is 56.1 Å². The second kappa shape index (κ2) is 7.54. The Balaban J connectivity index is 2.15. The maximum Gasteiger partial charge on any atom is 0.0598 e. The molecule has 2 nitrogen and oxygen atoms in total. The van der Waals surface area contributed by atoms with Crippen molar-refractivity contribution in [2.45, 2.75) is 52.4 Å². The van der Waals surface area contributed by atoms with E-state index in [1.807, 2.05) is 11.3 Å². The molecular weight excluding hydrogens is 312 g/mol. The molecule has 3 rings (SSSR count). The molecule has 0 fully saturated rings. The van der Waals surface area contributed by atoms with Crippen LogP contribution >= 0.6 is 11.3 Å². The molecule has 0 spiro atoms. The van der Waals surface area contributed by atoms with E-state index in [0.717, 1.165) is 32.2 Å². The summed E-state index contributed by atoms with van der Waals surface area (Å²) in [5, 5.41) is 1.39. The smallest absolute Gasteiger partial charge is 0.0598 e. The van der Waals surface area contributed by atoms with Crippen LogP contribution in [0.25, 0.3) is 21.5 Å². The lowest BCUT2D eigenvalue weighted by Crippen LogP contribution is -1.99. The largest absolute Gasteiger partial charge is 0.353 e. The van der Waals surface area contributed by atoms with Crippen LogP contribution in [-0.4, -0.2) is 11.5 Å². The number of H-pyrrole nitrogens is 1. The fourth-order valence-corrected chi connectivity index (χ4v) is 4.31. The molecule has 2 heterocycles. The van der Waals surface area contributed by atoms with Gasteiger partial charge in [-0.1, -0.05) is 32.0 Å². The van der Waals surface area contributed by atoms with Gasteiger partial charge in [-0.15, -0.1) is 11.3 Å². The summed E-state index contributed by atoms with van der Waals surface area (Å²) in [5.41, 5.74) is 11.3. The van der Waals surface area contributed by atoms with Gasteiger partial charge in [0.05, 0.1) is 10.6 Å². The van der Waals surface area contributed by atoms with Crippen LogP contribution in [0.15, 0.2) is 30.3 Å². The van der Waals surface area contributed by atoms with Crippen molar-refractivity contribution in [3.05, 3.63) is 46.3 Å². The predicted molar refractivity (Wildman–Crippen MR) is 107 cm³/mol. The Bertz CT molecular complexity index is 812. The first-order valence-corrected chi connectivity index (χ1v) is 9.87. The zero-order valence-electron chi connectivity index (χ0n) is 15.0. The lowest BCUT2D eigenvalue weighted by Gasteiger charge is -2.10. The summed E-state index contributed by atoms with van der Waals surface area (Å²) in [5.74, 6) is 0.571. The minimum Gasteiger partial charge on any atom is -0.353 e. The van der Waals surface area contributed by atoms with Gasteiger partial charge in [0.25, 0.3) is 0 Å². The Morgan fingerprint density at radius 1 is 1.17 bits per heavy atom. The monoisotopic (exact) mass is 340 g/mol. The summed E-state index contributed by atoms with van der Waals surface area (Å²) in [4.78, 5) is 6.49. The number of aromatic amines is 1. The quantitative estimate of drug-likeness (QED) is 0.509. The van der Waals surface area contributed by atoms with Gasteiger partial charge >= 0.3 is 0 Å². The van der Waals surface area contributed by atoms with Crippen LogP contribution in [-0.2, 0) is 6.42 Å². The van der Waals surface area contributed by atoms with Gasteiger partial charge in [0.15, 0.2) is 0 Å². The third-order valence-electron chi connectivity index (χ3n) is 4.98. The number of benzene rings is 1. The molecule has 0 saturated heterocycles. The first kappa shape index (κ1) is 17.2. The Morgan fingerprint density at radius 2 is 2.00 bits per heavy atom. The molecule has 1 atom stereocenters. The zero-order chi connectivity index (χ0) is 17.1. The Labute approximate surface area is 149 Å². The minimum absolute atomic E-state index is 0.571. The van der Waals surface area contributed by atoms with Crippen LogP contribution in [0.2, 0.25) is 0 Å². The van der Waals surface area contributed by atoms with Crippen molar-refractivity contribution in [2.75, 3.05) is 6.54 Å². The molecule has 0 radical (unpaired) electrons. The third-order valence-corrected chi connectivity index (χ3v) is 6.00. The molecule has 0 saturated carbocycles. The predicted octanol–water partition coefficient (Wildman–Crippen LogP) is 6.00.